The van der Waals surface area contributed by atoms with Gasteiger partial charge in [-0.3, -0.25) is 4.79 Å². The van der Waals surface area contributed by atoms with Crippen molar-refractivity contribution in [2.75, 3.05) is 39.1 Å². The molecule has 0 saturated carbocycles. The SMILES string of the molecule is COCC1(CNC(=O)CSC(C)(C)C)CCNCC1.Cl. The Hall–Kier alpha value is 0.0300. The molecular weight excluding hydrogens is 296 g/mol. The van der Waals surface area contributed by atoms with Gasteiger partial charge in [-0.05, 0) is 25.9 Å². The van der Waals surface area contributed by atoms with Gasteiger partial charge in [-0.2, -0.15) is 0 Å². The standard InChI is InChI=1S/C14H28N2O2S.ClH/c1-13(2,3)19-9-12(17)16-10-14(11-18-4)5-7-15-8-6-14;/h15H,5-11H2,1-4H3,(H,16,17);1H. The fourth-order valence-corrected chi connectivity index (χ4v) is 2.92. The summed E-state index contributed by atoms with van der Waals surface area (Å²) < 4.78 is 5.48. The van der Waals surface area contributed by atoms with Crippen LogP contribution in [0.25, 0.3) is 0 Å². The molecule has 1 saturated heterocycles. The average molecular weight is 325 g/mol. The Labute approximate surface area is 133 Å². The number of methoxy groups -OCH3 is 1. The van der Waals surface area contributed by atoms with Crippen molar-refractivity contribution in [1.29, 1.82) is 0 Å². The second-order valence-corrected chi connectivity index (χ2v) is 8.16. The van der Waals surface area contributed by atoms with E-state index in [1.54, 1.807) is 18.9 Å². The van der Waals surface area contributed by atoms with E-state index < -0.39 is 0 Å². The molecule has 0 atom stereocenters. The lowest BCUT2D eigenvalue weighted by Crippen LogP contribution is -2.47. The van der Waals surface area contributed by atoms with Gasteiger partial charge in [-0.25, -0.2) is 0 Å². The lowest BCUT2D eigenvalue weighted by molar-refractivity contribution is -0.119. The van der Waals surface area contributed by atoms with Crippen LogP contribution in [0.5, 0.6) is 0 Å². The van der Waals surface area contributed by atoms with E-state index in [0.29, 0.717) is 5.75 Å². The first-order valence-corrected chi connectivity index (χ1v) is 7.96. The molecule has 0 radical (unpaired) electrons. The van der Waals surface area contributed by atoms with Crippen LogP contribution in [-0.2, 0) is 9.53 Å². The highest BCUT2D eigenvalue weighted by Gasteiger charge is 2.32. The van der Waals surface area contributed by atoms with Crippen LogP contribution in [0.4, 0.5) is 0 Å². The van der Waals surface area contributed by atoms with Crippen LogP contribution in [0.1, 0.15) is 33.6 Å². The predicted octanol–water partition coefficient (Wildman–Crippen LogP) is 2.07. The van der Waals surface area contributed by atoms with Crippen LogP contribution >= 0.6 is 24.2 Å². The van der Waals surface area contributed by atoms with Crippen LogP contribution in [0.2, 0.25) is 0 Å². The summed E-state index contributed by atoms with van der Waals surface area (Å²) in [5.74, 6) is 0.666. The molecule has 0 unspecified atom stereocenters. The van der Waals surface area contributed by atoms with Crippen molar-refractivity contribution < 1.29 is 9.53 Å². The summed E-state index contributed by atoms with van der Waals surface area (Å²) in [7, 11) is 1.74. The van der Waals surface area contributed by atoms with Crippen molar-refractivity contribution in [3.63, 3.8) is 0 Å². The fraction of sp³-hybridized carbons (Fsp3) is 0.929. The molecule has 1 amide bonds. The van der Waals surface area contributed by atoms with Crippen LogP contribution in [0.3, 0.4) is 0 Å². The van der Waals surface area contributed by atoms with Gasteiger partial charge in [0, 0.05) is 23.8 Å². The van der Waals surface area contributed by atoms with E-state index in [9.17, 15) is 4.79 Å². The maximum absolute atomic E-state index is 11.9. The van der Waals surface area contributed by atoms with E-state index in [1.165, 1.54) is 0 Å². The number of piperidine rings is 1. The van der Waals surface area contributed by atoms with Gasteiger partial charge in [0.25, 0.3) is 0 Å². The van der Waals surface area contributed by atoms with Gasteiger partial charge in [0.15, 0.2) is 0 Å². The maximum atomic E-state index is 11.9. The largest absolute Gasteiger partial charge is 0.384 e. The van der Waals surface area contributed by atoms with E-state index >= 15 is 0 Å². The van der Waals surface area contributed by atoms with Gasteiger partial charge < -0.3 is 15.4 Å². The summed E-state index contributed by atoms with van der Waals surface area (Å²) in [6, 6.07) is 0. The number of carbonyl (C=O) groups excluding carboxylic acids is 1. The summed E-state index contributed by atoms with van der Waals surface area (Å²) in [5, 5.41) is 6.44. The average Bonchev–Trinajstić information content (AvgIpc) is 2.35. The molecule has 1 rings (SSSR count). The van der Waals surface area contributed by atoms with Crippen LogP contribution in [0.15, 0.2) is 0 Å². The molecule has 0 aromatic carbocycles. The summed E-state index contributed by atoms with van der Waals surface area (Å²) in [4.78, 5) is 11.9. The van der Waals surface area contributed by atoms with Crippen LogP contribution < -0.4 is 10.6 Å². The molecule has 0 aromatic heterocycles. The van der Waals surface area contributed by atoms with Crippen molar-refractivity contribution in [2.45, 2.75) is 38.4 Å². The topological polar surface area (TPSA) is 50.4 Å². The summed E-state index contributed by atoms with van der Waals surface area (Å²) in [6.07, 6.45) is 2.13. The number of carbonyl (C=O) groups is 1. The minimum Gasteiger partial charge on any atom is -0.384 e. The number of hydrogen-bond acceptors (Lipinski definition) is 4. The third kappa shape index (κ3) is 7.72. The fourth-order valence-electron chi connectivity index (χ4n) is 2.25. The lowest BCUT2D eigenvalue weighted by Gasteiger charge is -2.37. The Kier molecular flexibility index (Phi) is 9.14. The number of thioether (sulfide) groups is 1. The van der Waals surface area contributed by atoms with E-state index in [2.05, 4.69) is 31.4 Å². The molecule has 0 spiro atoms. The Morgan fingerprint density at radius 3 is 2.45 bits per heavy atom. The van der Waals surface area contributed by atoms with Crippen molar-refractivity contribution in [2.24, 2.45) is 5.41 Å². The molecule has 1 aliphatic heterocycles. The number of amides is 1. The number of ether oxygens (including phenoxy) is 1. The number of halogens is 1. The van der Waals surface area contributed by atoms with E-state index in [1.807, 2.05) is 0 Å². The first kappa shape index (κ1) is 20.0. The van der Waals surface area contributed by atoms with Gasteiger partial charge >= 0.3 is 0 Å². The molecule has 0 bridgehead atoms. The number of hydrogen-bond donors (Lipinski definition) is 2. The first-order valence-electron chi connectivity index (χ1n) is 6.97. The summed E-state index contributed by atoms with van der Waals surface area (Å²) >= 11 is 1.68. The van der Waals surface area contributed by atoms with Gasteiger partial charge in [-0.15, -0.1) is 24.2 Å². The highest BCUT2D eigenvalue weighted by molar-refractivity contribution is 8.01. The molecule has 2 N–H and O–H groups in total. The summed E-state index contributed by atoms with van der Waals surface area (Å²) in [6.45, 7) is 9.86. The molecule has 6 heteroatoms. The number of rotatable bonds is 6. The molecule has 120 valence electrons. The van der Waals surface area contributed by atoms with E-state index in [4.69, 9.17) is 4.74 Å². The Bertz CT molecular complexity index is 284. The molecule has 4 nitrogen and oxygen atoms in total. The molecule has 1 heterocycles. The quantitative estimate of drug-likeness (QED) is 0.785. The third-order valence-electron chi connectivity index (χ3n) is 3.41. The maximum Gasteiger partial charge on any atom is 0.230 e. The van der Waals surface area contributed by atoms with Crippen LogP contribution in [0, 0.1) is 5.41 Å². The lowest BCUT2D eigenvalue weighted by atomic mass is 9.79. The van der Waals surface area contributed by atoms with Crippen molar-refractivity contribution in [3.05, 3.63) is 0 Å². The zero-order valence-corrected chi connectivity index (χ0v) is 14.7. The minimum absolute atomic E-state index is 0. The molecule has 1 fully saturated rings. The molecule has 1 aliphatic rings. The van der Waals surface area contributed by atoms with E-state index in [-0.39, 0.29) is 28.5 Å². The summed E-state index contributed by atoms with van der Waals surface area (Å²) in [5.41, 5.74) is 0.113. The Morgan fingerprint density at radius 2 is 1.95 bits per heavy atom. The highest BCUT2D eigenvalue weighted by Crippen LogP contribution is 2.28. The number of nitrogens with one attached hydrogen (secondary N) is 2. The molecular formula is C14H29ClN2O2S. The van der Waals surface area contributed by atoms with Crippen molar-refractivity contribution >= 4 is 30.1 Å². The first-order chi connectivity index (χ1) is 8.87. The second-order valence-electron chi connectivity index (χ2n) is 6.36. The normalized spacial score (nSPS) is 18.2. The smallest absolute Gasteiger partial charge is 0.230 e. The monoisotopic (exact) mass is 324 g/mol. The zero-order valence-electron chi connectivity index (χ0n) is 13.1. The molecule has 0 aliphatic carbocycles. The van der Waals surface area contributed by atoms with Crippen molar-refractivity contribution in [3.8, 4) is 0 Å². The second kappa shape index (κ2) is 9.13. The highest BCUT2D eigenvalue weighted by atomic mass is 35.5. The Balaban J connectivity index is 0.00000361. The molecule has 20 heavy (non-hydrogen) atoms. The molecule has 0 aromatic rings. The minimum atomic E-state index is 0. The zero-order chi connectivity index (χ0) is 14.4. The van der Waals surface area contributed by atoms with Gasteiger partial charge in [0.2, 0.25) is 5.91 Å². The Morgan fingerprint density at radius 1 is 1.35 bits per heavy atom. The van der Waals surface area contributed by atoms with Gasteiger partial charge in [0.1, 0.15) is 0 Å². The van der Waals surface area contributed by atoms with Crippen LogP contribution in [-0.4, -0.2) is 49.8 Å². The van der Waals surface area contributed by atoms with Gasteiger partial charge in [0.05, 0.1) is 12.4 Å². The van der Waals surface area contributed by atoms with E-state index in [0.717, 1.165) is 39.1 Å². The third-order valence-corrected chi connectivity index (χ3v) is 4.68. The van der Waals surface area contributed by atoms with Crippen molar-refractivity contribution in [1.82, 2.24) is 10.6 Å². The predicted molar refractivity (Wildman–Crippen MR) is 88.9 cm³/mol. The van der Waals surface area contributed by atoms with Gasteiger partial charge in [-0.1, -0.05) is 20.8 Å².